The Morgan fingerprint density at radius 1 is 1.45 bits per heavy atom. The van der Waals surface area contributed by atoms with Crippen LogP contribution in [-0.2, 0) is 11.0 Å². The van der Waals surface area contributed by atoms with Crippen molar-refractivity contribution in [1.82, 2.24) is 10.3 Å². The number of carbonyl (C=O) groups is 2. The summed E-state index contributed by atoms with van der Waals surface area (Å²) in [4.78, 5) is 27.9. The molecule has 106 valence electrons. The number of rotatable bonds is 3. The molecule has 2 heterocycles. The van der Waals surface area contributed by atoms with E-state index < -0.39 is 29.7 Å². The summed E-state index contributed by atoms with van der Waals surface area (Å²) in [6, 6.07) is -0.193. The van der Waals surface area contributed by atoms with E-state index >= 15 is 0 Å². The van der Waals surface area contributed by atoms with E-state index in [2.05, 4.69) is 16.9 Å². The van der Waals surface area contributed by atoms with Crippen molar-refractivity contribution in [1.29, 1.82) is 0 Å². The standard InChI is InChI=1S/C12H10F3N3O2/c1-2-3-8-10(19)18(11(20)17-8)9-6-7(4-5-16-9)12(13,14)15/h2,4-6,8H,1,3H2,(H,17,20). The van der Waals surface area contributed by atoms with Gasteiger partial charge in [0.05, 0.1) is 5.56 Å². The van der Waals surface area contributed by atoms with Gasteiger partial charge in [-0.1, -0.05) is 6.08 Å². The zero-order valence-corrected chi connectivity index (χ0v) is 10.1. The second-order valence-corrected chi connectivity index (χ2v) is 4.10. The molecule has 1 saturated heterocycles. The summed E-state index contributed by atoms with van der Waals surface area (Å²) in [7, 11) is 0. The number of aromatic nitrogens is 1. The Labute approximate surface area is 112 Å². The summed E-state index contributed by atoms with van der Waals surface area (Å²) < 4.78 is 37.8. The van der Waals surface area contributed by atoms with Crippen LogP contribution >= 0.6 is 0 Å². The van der Waals surface area contributed by atoms with E-state index in [1.165, 1.54) is 6.08 Å². The molecule has 1 aliphatic rings. The maximum Gasteiger partial charge on any atom is 0.416 e. The summed E-state index contributed by atoms with van der Waals surface area (Å²) >= 11 is 0. The average Bonchev–Trinajstić information content (AvgIpc) is 2.64. The molecule has 1 aliphatic heterocycles. The Morgan fingerprint density at radius 2 is 2.15 bits per heavy atom. The van der Waals surface area contributed by atoms with E-state index in [9.17, 15) is 22.8 Å². The van der Waals surface area contributed by atoms with Crippen molar-refractivity contribution in [3.8, 4) is 0 Å². The minimum atomic E-state index is -4.57. The van der Waals surface area contributed by atoms with Crippen LogP contribution in [0.5, 0.6) is 0 Å². The Kier molecular flexibility index (Phi) is 3.47. The van der Waals surface area contributed by atoms with Gasteiger partial charge in [0.25, 0.3) is 5.91 Å². The predicted octanol–water partition coefficient (Wildman–Crippen LogP) is 2.10. The van der Waals surface area contributed by atoms with Crippen LogP contribution in [0.25, 0.3) is 0 Å². The van der Waals surface area contributed by atoms with E-state index in [0.717, 1.165) is 12.3 Å². The monoisotopic (exact) mass is 285 g/mol. The number of urea groups is 1. The van der Waals surface area contributed by atoms with E-state index in [1.54, 1.807) is 0 Å². The fourth-order valence-electron chi connectivity index (χ4n) is 1.79. The van der Waals surface area contributed by atoms with Gasteiger partial charge in [0, 0.05) is 6.20 Å². The van der Waals surface area contributed by atoms with Gasteiger partial charge in [-0.15, -0.1) is 6.58 Å². The van der Waals surface area contributed by atoms with Gasteiger partial charge in [-0.25, -0.2) is 14.7 Å². The lowest BCUT2D eigenvalue weighted by atomic mass is 10.2. The molecule has 1 fully saturated rings. The van der Waals surface area contributed by atoms with Crippen LogP contribution in [0.4, 0.5) is 23.8 Å². The number of imide groups is 1. The normalized spacial score (nSPS) is 19.1. The maximum atomic E-state index is 12.6. The molecule has 0 spiro atoms. The van der Waals surface area contributed by atoms with Crippen molar-refractivity contribution in [3.63, 3.8) is 0 Å². The zero-order valence-electron chi connectivity index (χ0n) is 10.1. The van der Waals surface area contributed by atoms with E-state index in [-0.39, 0.29) is 12.2 Å². The third-order valence-electron chi connectivity index (χ3n) is 2.72. The lowest BCUT2D eigenvalue weighted by molar-refractivity contribution is -0.137. The van der Waals surface area contributed by atoms with Gasteiger partial charge in [0.15, 0.2) is 0 Å². The quantitative estimate of drug-likeness (QED) is 0.683. The second kappa shape index (κ2) is 4.95. The third-order valence-corrected chi connectivity index (χ3v) is 2.72. The summed E-state index contributed by atoms with van der Waals surface area (Å²) in [5.41, 5.74) is -0.977. The molecule has 1 unspecified atom stereocenters. The molecule has 0 bridgehead atoms. The first-order valence-electron chi connectivity index (χ1n) is 5.63. The number of halogens is 3. The molecule has 5 nitrogen and oxygen atoms in total. The molecule has 0 saturated carbocycles. The number of pyridine rings is 1. The highest BCUT2D eigenvalue weighted by molar-refractivity contribution is 6.20. The van der Waals surface area contributed by atoms with Gasteiger partial charge in [-0.3, -0.25) is 4.79 Å². The Bertz CT molecular complexity index is 571. The van der Waals surface area contributed by atoms with Gasteiger partial charge in [0.2, 0.25) is 0 Å². The average molecular weight is 285 g/mol. The Morgan fingerprint density at radius 3 is 2.75 bits per heavy atom. The van der Waals surface area contributed by atoms with E-state index in [0.29, 0.717) is 11.0 Å². The highest BCUT2D eigenvalue weighted by Gasteiger charge is 2.40. The van der Waals surface area contributed by atoms with Gasteiger partial charge in [-0.05, 0) is 18.6 Å². The molecule has 0 radical (unpaired) electrons. The van der Waals surface area contributed by atoms with E-state index in [1.807, 2.05) is 0 Å². The number of nitrogens with zero attached hydrogens (tertiary/aromatic N) is 2. The summed E-state index contributed by atoms with van der Waals surface area (Å²) in [5.74, 6) is -1.00. The van der Waals surface area contributed by atoms with Crippen LogP contribution in [0.2, 0.25) is 0 Å². The molecule has 20 heavy (non-hydrogen) atoms. The molecular formula is C12H10F3N3O2. The van der Waals surface area contributed by atoms with Gasteiger partial charge < -0.3 is 5.32 Å². The lowest BCUT2D eigenvalue weighted by Gasteiger charge is -2.13. The molecule has 1 atom stereocenters. The molecule has 0 aliphatic carbocycles. The second-order valence-electron chi connectivity index (χ2n) is 4.10. The molecule has 2 rings (SSSR count). The number of nitrogens with one attached hydrogen (secondary N) is 1. The molecule has 1 aromatic heterocycles. The van der Waals surface area contributed by atoms with Gasteiger partial charge >= 0.3 is 12.2 Å². The number of alkyl halides is 3. The van der Waals surface area contributed by atoms with Crippen LogP contribution in [0.3, 0.4) is 0 Å². The van der Waals surface area contributed by atoms with Crippen LogP contribution in [0.15, 0.2) is 31.0 Å². The van der Waals surface area contributed by atoms with Crippen molar-refractivity contribution in [2.75, 3.05) is 4.90 Å². The molecule has 1 aromatic rings. The van der Waals surface area contributed by atoms with Crippen LogP contribution < -0.4 is 10.2 Å². The van der Waals surface area contributed by atoms with Crippen molar-refractivity contribution in [2.45, 2.75) is 18.6 Å². The zero-order chi connectivity index (χ0) is 14.9. The minimum Gasteiger partial charge on any atom is -0.325 e. The van der Waals surface area contributed by atoms with E-state index in [4.69, 9.17) is 0 Å². The highest BCUT2D eigenvalue weighted by Crippen LogP contribution is 2.31. The number of anilines is 1. The van der Waals surface area contributed by atoms with Crippen LogP contribution in [0, 0.1) is 0 Å². The van der Waals surface area contributed by atoms with Crippen LogP contribution in [-0.4, -0.2) is 23.0 Å². The van der Waals surface area contributed by atoms with Crippen LogP contribution in [0.1, 0.15) is 12.0 Å². The number of hydrogen-bond acceptors (Lipinski definition) is 3. The molecule has 3 amide bonds. The first-order valence-corrected chi connectivity index (χ1v) is 5.63. The topological polar surface area (TPSA) is 62.3 Å². The summed E-state index contributed by atoms with van der Waals surface area (Å²) in [5, 5.41) is 2.36. The Hall–Kier alpha value is -2.38. The molecule has 8 heteroatoms. The minimum absolute atomic E-state index is 0.194. The highest BCUT2D eigenvalue weighted by atomic mass is 19.4. The summed E-state index contributed by atoms with van der Waals surface area (Å²) in [6.07, 6.45) is -2.04. The number of carbonyl (C=O) groups excluding carboxylic acids is 2. The largest absolute Gasteiger partial charge is 0.416 e. The smallest absolute Gasteiger partial charge is 0.325 e. The first-order chi connectivity index (χ1) is 9.34. The maximum absolute atomic E-state index is 12.6. The molecule has 0 aromatic carbocycles. The van der Waals surface area contributed by atoms with Gasteiger partial charge in [-0.2, -0.15) is 13.2 Å². The fourth-order valence-corrected chi connectivity index (χ4v) is 1.79. The Balaban J connectivity index is 2.34. The summed E-state index contributed by atoms with van der Waals surface area (Å²) in [6.45, 7) is 3.44. The third kappa shape index (κ3) is 2.49. The molecule has 1 N–H and O–H groups in total. The van der Waals surface area contributed by atoms with Gasteiger partial charge in [0.1, 0.15) is 11.9 Å². The van der Waals surface area contributed by atoms with Crippen molar-refractivity contribution >= 4 is 17.8 Å². The molecular weight excluding hydrogens is 275 g/mol. The number of hydrogen-bond donors (Lipinski definition) is 1. The predicted molar refractivity (Wildman–Crippen MR) is 63.9 cm³/mol. The van der Waals surface area contributed by atoms with Crippen molar-refractivity contribution in [3.05, 3.63) is 36.5 Å². The van der Waals surface area contributed by atoms with Crippen molar-refractivity contribution in [2.24, 2.45) is 0 Å². The number of amides is 3. The lowest BCUT2D eigenvalue weighted by Crippen LogP contribution is -2.32. The SMILES string of the molecule is C=CCC1NC(=O)N(c2cc(C(F)(F)F)ccn2)C1=O. The first kappa shape index (κ1) is 14.0. The fraction of sp³-hybridized carbons (Fsp3) is 0.250. The van der Waals surface area contributed by atoms with Crippen molar-refractivity contribution < 1.29 is 22.8 Å².